The van der Waals surface area contributed by atoms with Crippen LogP contribution in [0, 0.1) is 11.3 Å². The van der Waals surface area contributed by atoms with Gasteiger partial charge in [0.1, 0.15) is 6.07 Å². The van der Waals surface area contributed by atoms with Crippen LogP contribution in [0.2, 0.25) is 5.02 Å². The molecular weight excluding hydrogens is 281 g/mol. The van der Waals surface area contributed by atoms with E-state index >= 15 is 0 Å². The van der Waals surface area contributed by atoms with Gasteiger partial charge in [0.25, 0.3) is 0 Å². The molecule has 0 spiro atoms. The summed E-state index contributed by atoms with van der Waals surface area (Å²) in [6, 6.07) is 4.93. The van der Waals surface area contributed by atoms with Crippen LogP contribution in [-0.4, -0.2) is 12.6 Å². The molecule has 1 aromatic carbocycles. The molecule has 78 valence electrons. The maximum absolute atomic E-state index is 11.4. The summed E-state index contributed by atoms with van der Waals surface area (Å²) >= 11 is 8.93. The number of nitrogens with zero attached hydrogens (tertiary/aromatic N) is 1. The van der Waals surface area contributed by atoms with Crippen molar-refractivity contribution in [3.05, 3.63) is 32.8 Å². The van der Waals surface area contributed by atoms with Crippen molar-refractivity contribution in [3.63, 3.8) is 0 Å². The van der Waals surface area contributed by atoms with E-state index in [9.17, 15) is 4.79 Å². The molecule has 0 saturated heterocycles. The molecule has 15 heavy (non-hydrogen) atoms. The van der Waals surface area contributed by atoms with Crippen molar-refractivity contribution in [2.45, 2.75) is 6.92 Å². The molecule has 0 bridgehead atoms. The molecule has 0 saturated carbocycles. The zero-order valence-corrected chi connectivity index (χ0v) is 10.2. The molecule has 5 heteroatoms. The van der Waals surface area contributed by atoms with Gasteiger partial charge in [-0.1, -0.05) is 11.6 Å². The van der Waals surface area contributed by atoms with Crippen molar-refractivity contribution in [3.8, 4) is 6.07 Å². The van der Waals surface area contributed by atoms with Crippen LogP contribution in [0.3, 0.4) is 0 Å². The Morgan fingerprint density at radius 3 is 2.87 bits per heavy atom. The van der Waals surface area contributed by atoms with Gasteiger partial charge in [-0.25, -0.2) is 4.79 Å². The smallest absolute Gasteiger partial charge is 0.339 e. The van der Waals surface area contributed by atoms with E-state index in [1.807, 2.05) is 6.07 Å². The lowest BCUT2D eigenvalue weighted by Gasteiger charge is -2.06. The van der Waals surface area contributed by atoms with Gasteiger partial charge >= 0.3 is 5.97 Å². The second-order valence-corrected chi connectivity index (χ2v) is 3.82. The van der Waals surface area contributed by atoms with Gasteiger partial charge in [0.15, 0.2) is 0 Å². The normalized spacial score (nSPS) is 9.47. The number of benzene rings is 1. The molecule has 0 radical (unpaired) electrons. The first kappa shape index (κ1) is 12.0. The molecule has 0 heterocycles. The first-order valence-corrected chi connectivity index (χ1v) is 5.34. The van der Waals surface area contributed by atoms with Gasteiger partial charge in [-0.05, 0) is 35.0 Å². The fraction of sp³-hybridized carbons (Fsp3) is 0.200. The van der Waals surface area contributed by atoms with Crippen molar-refractivity contribution >= 4 is 33.5 Å². The molecule has 1 rings (SSSR count). The third-order valence-corrected chi connectivity index (χ3v) is 2.84. The van der Waals surface area contributed by atoms with Crippen LogP contribution in [0.25, 0.3) is 0 Å². The van der Waals surface area contributed by atoms with E-state index in [1.54, 1.807) is 6.92 Å². The fourth-order valence-electron chi connectivity index (χ4n) is 1.02. The number of hydrogen-bond donors (Lipinski definition) is 0. The van der Waals surface area contributed by atoms with Gasteiger partial charge < -0.3 is 4.74 Å². The van der Waals surface area contributed by atoms with E-state index in [4.69, 9.17) is 21.6 Å². The van der Waals surface area contributed by atoms with Crippen LogP contribution in [-0.2, 0) is 4.74 Å². The number of carbonyl (C=O) groups excluding carboxylic acids is 1. The lowest BCUT2D eigenvalue weighted by Crippen LogP contribution is -2.06. The minimum Gasteiger partial charge on any atom is -0.462 e. The van der Waals surface area contributed by atoms with E-state index in [1.165, 1.54) is 12.1 Å². The SMILES string of the molecule is CCOC(=O)c1ccc(Cl)c(C#N)c1Br. The van der Waals surface area contributed by atoms with Crippen molar-refractivity contribution in [2.24, 2.45) is 0 Å². The summed E-state index contributed by atoms with van der Waals surface area (Å²) in [5, 5.41) is 9.12. The van der Waals surface area contributed by atoms with Crippen molar-refractivity contribution < 1.29 is 9.53 Å². The summed E-state index contributed by atoms with van der Waals surface area (Å²) in [4.78, 5) is 11.4. The van der Waals surface area contributed by atoms with Crippen LogP contribution < -0.4 is 0 Å². The highest BCUT2D eigenvalue weighted by Crippen LogP contribution is 2.28. The largest absolute Gasteiger partial charge is 0.462 e. The lowest BCUT2D eigenvalue weighted by atomic mass is 10.1. The zero-order valence-electron chi connectivity index (χ0n) is 7.88. The molecular formula is C10H7BrClNO2. The summed E-state index contributed by atoms with van der Waals surface area (Å²) in [6.45, 7) is 2.00. The Morgan fingerprint density at radius 2 is 2.33 bits per heavy atom. The van der Waals surface area contributed by atoms with Crippen molar-refractivity contribution in [2.75, 3.05) is 6.61 Å². The van der Waals surface area contributed by atoms with Crippen LogP contribution in [0.5, 0.6) is 0 Å². The Morgan fingerprint density at radius 1 is 1.67 bits per heavy atom. The second kappa shape index (κ2) is 5.15. The van der Waals surface area contributed by atoms with Gasteiger partial charge in [0, 0.05) is 0 Å². The molecule has 1 aromatic rings. The molecule has 0 fully saturated rings. The monoisotopic (exact) mass is 287 g/mol. The predicted molar refractivity (Wildman–Crippen MR) is 59.8 cm³/mol. The van der Waals surface area contributed by atoms with E-state index < -0.39 is 5.97 Å². The van der Waals surface area contributed by atoms with E-state index in [2.05, 4.69) is 15.9 Å². The molecule has 3 nitrogen and oxygen atoms in total. The number of hydrogen-bond acceptors (Lipinski definition) is 3. The summed E-state index contributed by atoms with van der Waals surface area (Å²) in [5.41, 5.74) is 0.542. The Kier molecular flexibility index (Phi) is 4.13. The molecule has 0 aromatic heterocycles. The van der Waals surface area contributed by atoms with Crippen LogP contribution in [0.4, 0.5) is 0 Å². The number of rotatable bonds is 2. The third-order valence-electron chi connectivity index (χ3n) is 1.70. The van der Waals surface area contributed by atoms with Gasteiger partial charge in [-0.15, -0.1) is 0 Å². The minimum atomic E-state index is -0.474. The number of carbonyl (C=O) groups is 1. The zero-order chi connectivity index (χ0) is 11.4. The number of nitriles is 1. The second-order valence-electron chi connectivity index (χ2n) is 2.62. The van der Waals surface area contributed by atoms with Gasteiger partial charge in [-0.2, -0.15) is 5.26 Å². The molecule has 0 aliphatic rings. The Bertz CT molecular complexity index is 440. The van der Waals surface area contributed by atoms with Gasteiger partial charge in [0.2, 0.25) is 0 Å². The molecule has 0 atom stereocenters. The summed E-state index contributed by atoms with van der Waals surface area (Å²) in [6.07, 6.45) is 0. The minimum absolute atomic E-state index is 0.238. The number of ether oxygens (including phenoxy) is 1. The highest BCUT2D eigenvalue weighted by atomic mass is 79.9. The Balaban J connectivity index is 3.23. The maximum atomic E-state index is 11.4. The van der Waals surface area contributed by atoms with Crippen molar-refractivity contribution in [1.29, 1.82) is 5.26 Å². The van der Waals surface area contributed by atoms with Crippen LogP contribution in [0.1, 0.15) is 22.8 Å². The summed E-state index contributed by atoms with van der Waals surface area (Å²) in [7, 11) is 0. The average Bonchev–Trinajstić information content (AvgIpc) is 2.18. The van der Waals surface area contributed by atoms with Gasteiger partial charge in [0.05, 0.1) is 27.2 Å². The number of esters is 1. The first-order valence-electron chi connectivity index (χ1n) is 4.17. The fourth-order valence-corrected chi connectivity index (χ4v) is 1.93. The maximum Gasteiger partial charge on any atom is 0.339 e. The van der Waals surface area contributed by atoms with Crippen LogP contribution in [0.15, 0.2) is 16.6 Å². The molecule has 0 aliphatic carbocycles. The third kappa shape index (κ3) is 2.49. The van der Waals surface area contributed by atoms with Gasteiger partial charge in [-0.3, -0.25) is 0 Å². The van der Waals surface area contributed by atoms with E-state index in [0.29, 0.717) is 15.1 Å². The average molecular weight is 289 g/mol. The molecule has 0 unspecified atom stereocenters. The summed E-state index contributed by atoms with van der Waals surface area (Å²) in [5.74, 6) is -0.474. The Labute approximate surface area is 101 Å². The van der Waals surface area contributed by atoms with E-state index in [0.717, 1.165) is 0 Å². The van der Waals surface area contributed by atoms with Crippen molar-refractivity contribution in [1.82, 2.24) is 0 Å². The molecule has 0 N–H and O–H groups in total. The predicted octanol–water partition coefficient (Wildman–Crippen LogP) is 3.15. The first-order chi connectivity index (χ1) is 7.11. The Hall–Kier alpha value is -1.05. The highest BCUT2D eigenvalue weighted by Gasteiger charge is 2.16. The highest BCUT2D eigenvalue weighted by molar-refractivity contribution is 9.10. The van der Waals surface area contributed by atoms with E-state index in [-0.39, 0.29) is 12.2 Å². The lowest BCUT2D eigenvalue weighted by molar-refractivity contribution is 0.0525. The molecule has 0 amide bonds. The molecule has 0 aliphatic heterocycles. The topological polar surface area (TPSA) is 50.1 Å². The standard InChI is InChI=1S/C10H7BrClNO2/c1-2-15-10(14)6-3-4-8(12)7(5-13)9(6)11/h3-4H,2H2,1H3. The number of halogens is 2. The summed E-state index contributed by atoms with van der Waals surface area (Å²) < 4.78 is 5.20. The quantitative estimate of drug-likeness (QED) is 0.786. The van der Waals surface area contributed by atoms with Crippen LogP contribution >= 0.6 is 27.5 Å².